The van der Waals surface area contributed by atoms with Crippen molar-refractivity contribution in [2.45, 2.75) is 0 Å². The van der Waals surface area contributed by atoms with Gasteiger partial charge in [-0.3, -0.25) is 4.98 Å². The van der Waals surface area contributed by atoms with Gasteiger partial charge in [-0.15, -0.1) is 0 Å². The van der Waals surface area contributed by atoms with Crippen LogP contribution in [0.25, 0.3) is 11.0 Å². The SMILES string of the molecule is N#Cc1cnc2cc(Cl)ccc2n1. The molecular formula is C9H4ClN3. The van der Waals surface area contributed by atoms with Crippen LogP contribution in [0, 0.1) is 11.3 Å². The molecule has 0 bridgehead atoms. The Labute approximate surface area is 79.6 Å². The lowest BCUT2D eigenvalue weighted by Gasteiger charge is -1.96. The third-order valence-electron chi connectivity index (χ3n) is 1.62. The molecule has 1 aromatic heterocycles. The summed E-state index contributed by atoms with van der Waals surface area (Å²) in [5.41, 5.74) is 1.70. The summed E-state index contributed by atoms with van der Waals surface area (Å²) in [5.74, 6) is 0. The molecule has 0 saturated heterocycles. The highest BCUT2D eigenvalue weighted by Gasteiger charge is 1.98. The first-order valence-electron chi connectivity index (χ1n) is 3.62. The van der Waals surface area contributed by atoms with E-state index in [1.165, 1.54) is 6.20 Å². The van der Waals surface area contributed by atoms with Gasteiger partial charge in [-0.05, 0) is 18.2 Å². The Morgan fingerprint density at radius 2 is 2.15 bits per heavy atom. The quantitative estimate of drug-likeness (QED) is 0.638. The fraction of sp³-hybridized carbons (Fsp3) is 0. The van der Waals surface area contributed by atoms with Crippen molar-refractivity contribution in [3.63, 3.8) is 0 Å². The minimum Gasteiger partial charge on any atom is -0.252 e. The van der Waals surface area contributed by atoms with Crippen LogP contribution in [0.1, 0.15) is 5.69 Å². The van der Waals surface area contributed by atoms with Crippen molar-refractivity contribution >= 4 is 22.6 Å². The number of halogens is 1. The van der Waals surface area contributed by atoms with Crippen LogP contribution in [0.5, 0.6) is 0 Å². The van der Waals surface area contributed by atoms with Gasteiger partial charge in [0.05, 0.1) is 17.2 Å². The van der Waals surface area contributed by atoms with Crippen molar-refractivity contribution in [1.82, 2.24) is 9.97 Å². The molecule has 0 spiro atoms. The zero-order valence-corrected chi connectivity index (χ0v) is 7.28. The maximum absolute atomic E-state index is 8.57. The number of fused-ring (bicyclic) bond motifs is 1. The molecule has 1 heterocycles. The first kappa shape index (κ1) is 7.96. The monoisotopic (exact) mass is 189 g/mol. The number of rotatable bonds is 0. The molecule has 0 aliphatic heterocycles. The lowest BCUT2D eigenvalue weighted by atomic mass is 10.3. The first-order chi connectivity index (χ1) is 6.29. The van der Waals surface area contributed by atoms with E-state index in [1.807, 2.05) is 6.07 Å². The molecule has 0 aliphatic carbocycles. The van der Waals surface area contributed by atoms with Gasteiger partial charge in [-0.1, -0.05) is 11.6 Å². The van der Waals surface area contributed by atoms with E-state index in [4.69, 9.17) is 16.9 Å². The van der Waals surface area contributed by atoms with Gasteiger partial charge in [0.25, 0.3) is 0 Å². The second-order valence-electron chi connectivity index (χ2n) is 2.50. The van der Waals surface area contributed by atoms with Gasteiger partial charge in [0.15, 0.2) is 5.69 Å². The molecule has 3 nitrogen and oxygen atoms in total. The van der Waals surface area contributed by atoms with Gasteiger partial charge >= 0.3 is 0 Å². The molecule has 0 unspecified atom stereocenters. The van der Waals surface area contributed by atoms with Crippen LogP contribution in [-0.2, 0) is 0 Å². The summed E-state index contributed by atoms with van der Waals surface area (Å²) in [6.45, 7) is 0. The molecule has 62 valence electrons. The summed E-state index contributed by atoms with van der Waals surface area (Å²) < 4.78 is 0. The molecule has 2 rings (SSSR count). The fourth-order valence-electron chi connectivity index (χ4n) is 1.04. The van der Waals surface area contributed by atoms with Gasteiger partial charge < -0.3 is 0 Å². The van der Waals surface area contributed by atoms with Crippen molar-refractivity contribution in [2.75, 3.05) is 0 Å². The van der Waals surface area contributed by atoms with E-state index in [0.29, 0.717) is 21.7 Å². The van der Waals surface area contributed by atoms with Gasteiger partial charge in [0.1, 0.15) is 6.07 Å². The highest BCUT2D eigenvalue weighted by molar-refractivity contribution is 6.31. The third-order valence-corrected chi connectivity index (χ3v) is 1.85. The smallest absolute Gasteiger partial charge is 0.159 e. The van der Waals surface area contributed by atoms with Crippen LogP contribution < -0.4 is 0 Å². The van der Waals surface area contributed by atoms with Crippen molar-refractivity contribution in [1.29, 1.82) is 5.26 Å². The second-order valence-corrected chi connectivity index (χ2v) is 2.94. The summed E-state index contributed by atoms with van der Waals surface area (Å²) in [7, 11) is 0. The van der Waals surface area contributed by atoms with E-state index in [0.717, 1.165) is 0 Å². The summed E-state index contributed by atoms with van der Waals surface area (Å²) in [6, 6.07) is 7.10. The predicted octanol–water partition coefficient (Wildman–Crippen LogP) is 2.15. The summed E-state index contributed by atoms with van der Waals surface area (Å²) in [4.78, 5) is 8.10. The molecule has 0 radical (unpaired) electrons. The maximum atomic E-state index is 8.57. The number of hydrogen-bond donors (Lipinski definition) is 0. The van der Waals surface area contributed by atoms with Crippen LogP contribution >= 0.6 is 11.6 Å². The van der Waals surface area contributed by atoms with E-state index in [2.05, 4.69) is 9.97 Å². The Morgan fingerprint density at radius 1 is 1.31 bits per heavy atom. The third kappa shape index (κ3) is 1.44. The molecule has 0 aliphatic rings. The minimum absolute atomic E-state index is 0.315. The molecule has 0 saturated carbocycles. The van der Waals surface area contributed by atoms with E-state index in [9.17, 15) is 0 Å². The van der Waals surface area contributed by atoms with E-state index in [-0.39, 0.29) is 0 Å². The van der Waals surface area contributed by atoms with Gasteiger partial charge in [-0.25, -0.2) is 4.98 Å². The molecule has 0 N–H and O–H groups in total. The van der Waals surface area contributed by atoms with Gasteiger partial charge in [0, 0.05) is 5.02 Å². The van der Waals surface area contributed by atoms with Crippen LogP contribution in [0.4, 0.5) is 0 Å². The molecule has 1 aromatic carbocycles. The molecular weight excluding hydrogens is 186 g/mol. The van der Waals surface area contributed by atoms with E-state index >= 15 is 0 Å². The normalized spacial score (nSPS) is 9.85. The number of aromatic nitrogens is 2. The van der Waals surface area contributed by atoms with Crippen molar-refractivity contribution in [3.05, 3.63) is 35.1 Å². The topological polar surface area (TPSA) is 49.6 Å². The molecule has 0 fully saturated rings. The van der Waals surface area contributed by atoms with Crippen LogP contribution in [0.2, 0.25) is 5.02 Å². The van der Waals surface area contributed by atoms with Crippen molar-refractivity contribution in [3.8, 4) is 6.07 Å². The second kappa shape index (κ2) is 3.00. The number of benzene rings is 1. The summed E-state index contributed by atoms with van der Waals surface area (Å²) >= 11 is 5.76. The van der Waals surface area contributed by atoms with Crippen LogP contribution in [0.3, 0.4) is 0 Å². The fourth-order valence-corrected chi connectivity index (χ4v) is 1.20. The lowest BCUT2D eigenvalue weighted by molar-refractivity contribution is 1.24. The standard InChI is InChI=1S/C9H4ClN3/c10-6-1-2-8-9(3-6)12-5-7(4-11)13-8/h1-3,5H. The highest BCUT2D eigenvalue weighted by atomic mass is 35.5. The first-order valence-corrected chi connectivity index (χ1v) is 4.00. The predicted molar refractivity (Wildman–Crippen MR) is 49.3 cm³/mol. The molecule has 2 aromatic rings. The van der Waals surface area contributed by atoms with E-state index < -0.39 is 0 Å². The number of nitrogens with zero attached hydrogens (tertiary/aromatic N) is 3. The Kier molecular flexibility index (Phi) is 1.84. The average molecular weight is 190 g/mol. The van der Waals surface area contributed by atoms with Crippen LogP contribution in [0.15, 0.2) is 24.4 Å². The van der Waals surface area contributed by atoms with Crippen LogP contribution in [-0.4, -0.2) is 9.97 Å². The van der Waals surface area contributed by atoms with Gasteiger partial charge in [0.2, 0.25) is 0 Å². The zero-order chi connectivity index (χ0) is 9.26. The molecule has 0 atom stereocenters. The molecule has 13 heavy (non-hydrogen) atoms. The number of hydrogen-bond acceptors (Lipinski definition) is 3. The van der Waals surface area contributed by atoms with E-state index in [1.54, 1.807) is 18.2 Å². The van der Waals surface area contributed by atoms with Crippen molar-refractivity contribution in [2.24, 2.45) is 0 Å². The Balaban J connectivity index is 2.75. The van der Waals surface area contributed by atoms with Gasteiger partial charge in [-0.2, -0.15) is 5.26 Å². The minimum atomic E-state index is 0.315. The largest absolute Gasteiger partial charge is 0.252 e. The molecule has 4 heteroatoms. The highest BCUT2D eigenvalue weighted by Crippen LogP contribution is 2.15. The summed E-state index contributed by atoms with van der Waals surface area (Å²) in [6.07, 6.45) is 1.43. The average Bonchev–Trinajstić information content (AvgIpc) is 2.17. The maximum Gasteiger partial charge on any atom is 0.159 e. The summed E-state index contributed by atoms with van der Waals surface area (Å²) in [5, 5.41) is 9.19. The Bertz CT molecular complexity index is 502. The Hall–Kier alpha value is -1.66. The van der Waals surface area contributed by atoms with Crippen molar-refractivity contribution < 1.29 is 0 Å². The zero-order valence-electron chi connectivity index (χ0n) is 6.53. The number of nitriles is 1. The molecule has 0 amide bonds. The Morgan fingerprint density at radius 3 is 2.92 bits per heavy atom. The lowest BCUT2D eigenvalue weighted by Crippen LogP contribution is -1.87.